The Morgan fingerprint density at radius 3 is 2.88 bits per heavy atom. The lowest BCUT2D eigenvalue weighted by atomic mass is 10.2. The molecule has 3 aromatic rings. The lowest BCUT2D eigenvalue weighted by molar-refractivity contribution is 0.425. The van der Waals surface area contributed by atoms with Crippen molar-refractivity contribution < 1.29 is 4.52 Å². The maximum absolute atomic E-state index is 5.12. The molecule has 0 N–H and O–H groups in total. The zero-order valence-electron chi connectivity index (χ0n) is 9.60. The largest absolute Gasteiger partial charge is 0.331 e. The number of benzene rings is 1. The van der Waals surface area contributed by atoms with E-state index in [1.54, 1.807) is 18.3 Å². The molecule has 4 nitrogen and oxygen atoms in total. The van der Waals surface area contributed by atoms with Crippen LogP contribution < -0.4 is 0 Å². The predicted molar refractivity (Wildman–Crippen MR) is 67.0 cm³/mol. The smallest absolute Gasteiger partial charge is 0.286 e. The van der Waals surface area contributed by atoms with Crippen LogP contribution in [0.4, 0.5) is 0 Å². The molecule has 2 heterocycles. The Hall–Kier alpha value is -1.75. The molecule has 86 valence electrons. The first-order valence-electron chi connectivity index (χ1n) is 5.46. The molecule has 0 unspecified atom stereocenters. The van der Waals surface area contributed by atoms with Crippen molar-refractivity contribution in [1.82, 2.24) is 15.1 Å². The number of aromatic nitrogens is 3. The number of thiazole rings is 1. The molecule has 2 aromatic heterocycles. The molecule has 0 aliphatic heterocycles. The van der Waals surface area contributed by atoms with Crippen molar-refractivity contribution in [2.45, 2.75) is 20.3 Å². The van der Waals surface area contributed by atoms with Crippen molar-refractivity contribution in [3.63, 3.8) is 0 Å². The fourth-order valence-electron chi connectivity index (χ4n) is 1.66. The van der Waals surface area contributed by atoms with Gasteiger partial charge in [0.1, 0.15) is 0 Å². The van der Waals surface area contributed by atoms with Gasteiger partial charge in [0.2, 0.25) is 0 Å². The second-order valence-electron chi connectivity index (χ2n) is 3.82. The van der Waals surface area contributed by atoms with E-state index in [1.165, 1.54) is 5.56 Å². The van der Waals surface area contributed by atoms with Gasteiger partial charge in [0.05, 0.1) is 10.2 Å². The van der Waals surface area contributed by atoms with Crippen LogP contribution in [0.2, 0.25) is 0 Å². The molecule has 0 saturated carbocycles. The van der Waals surface area contributed by atoms with Gasteiger partial charge < -0.3 is 4.52 Å². The number of fused-ring (bicyclic) bond motifs is 1. The van der Waals surface area contributed by atoms with Crippen molar-refractivity contribution in [1.29, 1.82) is 0 Å². The van der Waals surface area contributed by atoms with Crippen molar-refractivity contribution >= 4 is 21.6 Å². The van der Waals surface area contributed by atoms with Crippen LogP contribution in [0.25, 0.3) is 21.1 Å². The van der Waals surface area contributed by atoms with E-state index < -0.39 is 0 Å². The molecule has 5 heteroatoms. The fraction of sp³-hybridized carbons (Fsp3) is 0.250. The van der Waals surface area contributed by atoms with E-state index in [1.807, 2.05) is 6.07 Å². The van der Waals surface area contributed by atoms with Gasteiger partial charge >= 0.3 is 0 Å². The van der Waals surface area contributed by atoms with E-state index in [0.29, 0.717) is 11.7 Å². The first-order chi connectivity index (χ1) is 8.26. The highest BCUT2D eigenvalue weighted by molar-refractivity contribution is 7.21. The van der Waals surface area contributed by atoms with Crippen LogP contribution in [0.5, 0.6) is 0 Å². The van der Waals surface area contributed by atoms with Gasteiger partial charge in [-0.3, -0.25) is 0 Å². The highest BCUT2D eigenvalue weighted by Gasteiger charge is 2.12. The van der Waals surface area contributed by atoms with E-state index in [0.717, 1.165) is 21.6 Å². The van der Waals surface area contributed by atoms with Crippen LogP contribution in [0.1, 0.15) is 18.3 Å². The summed E-state index contributed by atoms with van der Waals surface area (Å²) in [5.74, 6) is 1.13. The summed E-state index contributed by atoms with van der Waals surface area (Å²) in [5.41, 5.74) is 2.30. The molecule has 0 spiro atoms. The minimum atomic E-state index is 0.502. The van der Waals surface area contributed by atoms with E-state index in [2.05, 4.69) is 34.2 Å². The van der Waals surface area contributed by atoms with Crippen molar-refractivity contribution in [3.8, 4) is 10.9 Å². The zero-order valence-corrected chi connectivity index (χ0v) is 10.4. The van der Waals surface area contributed by atoms with Gasteiger partial charge in [-0.25, -0.2) is 4.98 Å². The van der Waals surface area contributed by atoms with E-state index in [4.69, 9.17) is 4.52 Å². The molecular weight excluding hydrogens is 234 g/mol. The van der Waals surface area contributed by atoms with E-state index >= 15 is 0 Å². The van der Waals surface area contributed by atoms with Gasteiger partial charge in [-0.05, 0) is 31.0 Å². The molecule has 17 heavy (non-hydrogen) atoms. The Balaban J connectivity index is 2.13. The Labute approximate surface area is 102 Å². The lowest BCUT2D eigenvalue weighted by Crippen LogP contribution is -1.78. The normalized spacial score (nSPS) is 11.2. The van der Waals surface area contributed by atoms with Crippen molar-refractivity contribution in [2.24, 2.45) is 0 Å². The number of rotatable bonds is 2. The summed E-state index contributed by atoms with van der Waals surface area (Å²) >= 11 is 1.59. The van der Waals surface area contributed by atoms with E-state index in [-0.39, 0.29) is 0 Å². The number of hydrogen-bond donors (Lipinski definition) is 0. The molecule has 0 atom stereocenters. The molecule has 0 saturated heterocycles. The highest BCUT2D eigenvalue weighted by Crippen LogP contribution is 2.29. The van der Waals surface area contributed by atoms with Gasteiger partial charge in [-0.2, -0.15) is 4.98 Å². The Bertz CT molecular complexity index is 671. The Kier molecular flexibility index (Phi) is 2.40. The molecule has 3 rings (SSSR count). The number of hydrogen-bond acceptors (Lipinski definition) is 5. The minimum Gasteiger partial charge on any atom is -0.331 e. The third-order valence-corrected chi connectivity index (χ3v) is 3.58. The summed E-state index contributed by atoms with van der Waals surface area (Å²) in [4.78, 5) is 8.68. The number of aryl methyl sites for hydroxylation is 2. The van der Waals surface area contributed by atoms with Crippen LogP contribution in [0.15, 0.2) is 22.7 Å². The molecular formula is C12H11N3OS. The topological polar surface area (TPSA) is 51.8 Å². The van der Waals surface area contributed by atoms with Crippen molar-refractivity contribution in [3.05, 3.63) is 29.6 Å². The first kappa shape index (κ1) is 10.4. The Morgan fingerprint density at radius 1 is 1.29 bits per heavy atom. The summed E-state index contributed by atoms with van der Waals surface area (Å²) < 4.78 is 6.29. The second-order valence-corrected chi connectivity index (χ2v) is 4.85. The second kappa shape index (κ2) is 3.92. The van der Waals surface area contributed by atoms with Gasteiger partial charge in [-0.15, -0.1) is 11.3 Å². The predicted octanol–water partition coefficient (Wildman–Crippen LogP) is 3.22. The average Bonchev–Trinajstić information content (AvgIpc) is 2.93. The van der Waals surface area contributed by atoms with Crippen LogP contribution in [-0.4, -0.2) is 15.1 Å². The van der Waals surface area contributed by atoms with Gasteiger partial charge in [0, 0.05) is 0 Å². The molecule has 0 aliphatic rings. The summed E-state index contributed by atoms with van der Waals surface area (Å²) in [6, 6.07) is 6.31. The average molecular weight is 245 g/mol. The summed E-state index contributed by atoms with van der Waals surface area (Å²) in [6.07, 6.45) is 1.03. The number of nitrogens with zero attached hydrogens (tertiary/aromatic N) is 3. The first-order valence-corrected chi connectivity index (χ1v) is 6.28. The molecule has 0 bridgehead atoms. The zero-order chi connectivity index (χ0) is 11.8. The van der Waals surface area contributed by atoms with Crippen LogP contribution >= 0.6 is 11.3 Å². The summed E-state index contributed by atoms with van der Waals surface area (Å²) in [6.45, 7) is 3.94. The fourth-order valence-corrected chi connectivity index (χ4v) is 2.62. The standard InChI is InChI=1S/C12H11N3OS/c1-3-8-4-5-9-10(6-8)17-12(14-9)11-13-7(2)15-16-11/h4-6H,3H2,1-2H3. The van der Waals surface area contributed by atoms with Gasteiger partial charge in [0.15, 0.2) is 10.8 Å². The SMILES string of the molecule is CCc1ccc2nc(-c3nc(C)no3)sc2c1. The molecule has 0 radical (unpaired) electrons. The van der Waals surface area contributed by atoms with Crippen LogP contribution in [0.3, 0.4) is 0 Å². The van der Waals surface area contributed by atoms with Gasteiger partial charge in [0.25, 0.3) is 5.89 Å². The summed E-state index contributed by atoms with van der Waals surface area (Å²) in [5, 5.41) is 4.56. The monoisotopic (exact) mass is 245 g/mol. The third-order valence-electron chi connectivity index (χ3n) is 2.57. The minimum absolute atomic E-state index is 0.502. The third kappa shape index (κ3) is 1.82. The molecule has 0 aliphatic carbocycles. The molecule has 0 amide bonds. The van der Waals surface area contributed by atoms with Crippen LogP contribution in [0, 0.1) is 6.92 Å². The van der Waals surface area contributed by atoms with Gasteiger partial charge in [-0.1, -0.05) is 18.1 Å². The summed E-state index contributed by atoms with van der Waals surface area (Å²) in [7, 11) is 0. The Morgan fingerprint density at radius 2 is 2.18 bits per heavy atom. The highest BCUT2D eigenvalue weighted by atomic mass is 32.1. The maximum Gasteiger partial charge on any atom is 0.286 e. The molecule has 1 aromatic carbocycles. The lowest BCUT2D eigenvalue weighted by Gasteiger charge is -1.93. The molecule has 0 fully saturated rings. The maximum atomic E-state index is 5.12. The van der Waals surface area contributed by atoms with Crippen LogP contribution in [-0.2, 0) is 6.42 Å². The van der Waals surface area contributed by atoms with E-state index in [9.17, 15) is 0 Å². The van der Waals surface area contributed by atoms with Crippen molar-refractivity contribution in [2.75, 3.05) is 0 Å². The quantitative estimate of drug-likeness (QED) is 0.695.